The van der Waals surface area contributed by atoms with Gasteiger partial charge in [-0.3, -0.25) is 0 Å². The Balaban J connectivity index is 1.72. The molecule has 20 heavy (non-hydrogen) atoms. The van der Waals surface area contributed by atoms with Gasteiger partial charge in [0.05, 0.1) is 22.4 Å². The van der Waals surface area contributed by atoms with E-state index in [4.69, 9.17) is 11.6 Å². The standard InChI is InChI=1S/C14H17ClN4S/c15-10-4-5-11-13(18-20-17-11)14(10)19-7-1-6-16-12(8-19)9-2-3-9/h4-5,9,12,16H,1-3,6-8H2. The second-order valence-electron chi connectivity index (χ2n) is 5.73. The number of rotatable bonds is 2. The molecule has 2 heterocycles. The molecule has 1 N–H and O–H groups in total. The fraction of sp³-hybridized carbons (Fsp3) is 0.571. The van der Waals surface area contributed by atoms with Crippen LogP contribution >= 0.6 is 23.3 Å². The zero-order valence-electron chi connectivity index (χ0n) is 11.2. The number of hydrogen-bond donors (Lipinski definition) is 1. The summed E-state index contributed by atoms with van der Waals surface area (Å²) < 4.78 is 8.79. The van der Waals surface area contributed by atoms with Gasteiger partial charge in [0.1, 0.15) is 11.0 Å². The van der Waals surface area contributed by atoms with Crippen molar-refractivity contribution in [2.24, 2.45) is 5.92 Å². The highest BCUT2D eigenvalue weighted by Gasteiger charge is 2.34. The van der Waals surface area contributed by atoms with Crippen LogP contribution in [0.15, 0.2) is 12.1 Å². The lowest BCUT2D eigenvalue weighted by Crippen LogP contribution is -2.39. The van der Waals surface area contributed by atoms with Gasteiger partial charge in [-0.2, -0.15) is 8.75 Å². The van der Waals surface area contributed by atoms with Crippen molar-refractivity contribution in [2.75, 3.05) is 24.5 Å². The van der Waals surface area contributed by atoms with Gasteiger partial charge in [0.15, 0.2) is 0 Å². The van der Waals surface area contributed by atoms with Crippen LogP contribution in [0.5, 0.6) is 0 Å². The summed E-state index contributed by atoms with van der Waals surface area (Å²) in [6, 6.07) is 4.50. The molecule has 4 nitrogen and oxygen atoms in total. The van der Waals surface area contributed by atoms with Crippen LogP contribution in [0.1, 0.15) is 19.3 Å². The van der Waals surface area contributed by atoms with Crippen LogP contribution in [0.2, 0.25) is 5.02 Å². The zero-order valence-corrected chi connectivity index (χ0v) is 12.8. The Labute approximate surface area is 127 Å². The third-order valence-electron chi connectivity index (χ3n) is 4.29. The third kappa shape index (κ3) is 2.28. The maximum Gasteiger partial charge on any atom is 0.129 e. The highest BCUT2D eigenvalue weighted by molar-refractivity contribution is 7.00. The molecule has 1 saturated heterocycles. The van der Waals surface area contributed by atoms with E-state index in [9.17, 15) is 0 Å². The molecular formula is C14H17ClN4S. The highest BCUT2D eigenvalue weighted by Crippen LogP contribution is 2.37. The van der Waals surface area contributed by atoms with Crippen LogP contribution < -0.4 is 10.2 Å². The summed E-state index contributed by atoms with van der Waals surface area (Å²) in [5.74, 6) is 0.849. The number of halogens is 1. The minimum Gasteiger partial charge on any atom is -0.367 e. The number of hydrogen-bond acceptors (Lipinski definition) is 5. The molecule has 4 rings (SSSR count). The van der Waals surface area contributed by atoms with Crippen LogP contribution in [0.3, 0.4) is 0 Å². The first kappa shape index (κ1) is 12.8. The van der Waals surface area contributed by atoms with E-state index in [-0.39, 0.29) is 0 Å². The Morgan fingerprint density at radius 3 is 3.05 bits per heavy atom. The quantitative estimate of drug-likeness (QED) is 0.926. The van der Waals surface area contributed by atoms with Crippen molar-refractivity contribution >= 4 is 40.0 Å². The molecule has 0 spiro atoms. The fourth-order valence-electron chi connectivity index (χ4n) is 3.08. The van der Waals surface area contributed by atoms with Gasteiger partial charge in [-0.05, 0) is 43.9 Å². The van der Waals surface area contributed by atoms with Gasteiger partial charge in [0.2, 0.25) is 0 Å². The molecule has 0 radical (unpaired) electrons. The van der Waals surface area contributed by atoms with Gasteiger partial charge >= 0.3 is 0 Å². The van der Waals surface area contributed by atoms with Crippen LogP contribution in [-0.4, -0.2) is 34.4 Å². The molecule has 1 saturated carbocycles. The largest absolute Gasteiger partial charge is 0.367 e. The Morgan fingerprint density at radius 2 is 2.20 bits per heavy atom. The van der Waals surface area contributed by atoms with Gasteiger partial charge < -0.3 is 10.2 Å². The molecule has 0 bridgehead atoms. The van der Waals surface area contributed by atoms with Gasteiger partial charge in [0, 0.05) is 19.1 Å². The van der Waals surface area contributed by atoms with Gasteiger partial charge in [0.25, 0.3) is 0 Å². The summed E-state index contributed by atoms with van der Waals surface area (Å²) in [4.78, 5) is 2.41. The van der Waals surface area contributed by atoms with Gasteiger partial charge in [-0.15, -0.1) is 0 Å². The summed E-state index contributed by atoms with van der Waals surface area (Å²) in [5.41, 5.74) is 2.99. The van der Waals surface area contributed by atoms with E-state index in [0.29, 0.717) is 6.04 Å². The van der Waals surface area contributed by atoms with Gasteiger partial charge in [-0.1, -0.05) is 11.6 Å². The summed E-state index contributed by atoms with van der Waals surface area (Å²) in [6.45, 7) is 3.16. The van der Waals surface area contributed by atoms with E-state index in [1.165, 1.54) is 24.6 Å². The van der Waals surface area contributed by atoms with Crippen LogP contribution in [0.4, 0.5) is 5.69 Å². The molecule has 1 aromatic carbocycles. The molecule has 1 aliphatic carbocycles. The third-order valence-corrected chi connectivity index (χ3v) is 5.14. The van der Waals surface area contributed by atoms with Crippen molar-refractivity contribution in [3.8, 4) is 0 Å². The number of fused-ring (bicyclic) bond motifs is 1. The van der Waals surface area contributed by atoms with Crippen LogP contribution in [0, 0.1) is 5.92 Å². The lowest BCUT2D eigenvalue weighted by molar-refractivity contribution is 0.490. The average molecular weight is 309 g/mol. The van der Waals surface area contributed by atoms with E-state index < -0.39 is 0 Å². The molecule has 106 valence electrons. The van der Waals surface area contributed by atoms with E-state index in [1.54, 1.807) is 0 Å². The number of nitrogens with zero attached hydrogens (tertiary/aromatic N) is 3. The SMILES string of the molecule is Clc1ccc2nsnc2c1N1CCCNC(C2CC2)C1. The minimum atomic E-state index is 0.593. The Kier molecular flexibility index (Phi) is 3.28. The zero-order chi connectivity index (χ0) is 13.5. The first-order valence-electron chi connectivity index (χ1n) is 7.22. The van der Waals surface area contributed by atoms with Crippen molar-refractivity contribution in [1.29, 1.82) is 0 Å². The van der Waals surface area contributed by atoms with E-state index in [2.05, 4.69) is 19.0 Å². The van der Waals surface area contributed by atoms with Crippen molar-refractivity contribution in [1.82, 2.24) is 14.1 Å². The Morgan fingerprint density at radius 1 is 1.30 bits per heavy atom. The molecule has 6 heteroatoms. The Bertz CT molecular complexity index is 625. The average Bonchev–Trinajstić information content (AvgIpc) is 3.21. The van der Waals surface area contributed by atoms with Crippen molar-refractivity contribution < 1.29 is 0 Å². The number of benzene rings is 1. The molecule has 2 aromatic rings. The van der Waals surface area contributed by atoms with Crippen molar-refractivity contribution in [3.05, 3.63) is 17.2 Å². The number of anilines is 1. The maximum atomic E-state index is 6.46. The number of nitrogens with one attached hydrogen (secondary N) is 1. The first-order valence-corrected chi connectivity index (χ1v) is 8.33. The molecule has 2 fully saturated rings. The summed E-state index contributed by atoms with van der Waals surface area (Å²) in [5, 5.41) is 4.48. The van der Waals surface area contributed by atoms with Crippen LogP contribution in [-0.2, 0) is 0 Å². The van der Waals surface area contributed by atoms with E-state index in [0.717, 1.165) is 53.7 Å². The summed E-state index contributed by atoms with van der Waals surface area (Å²) in [6.07, 6.45) is 3.87. The Hall–Kier alpha value is -0.910. The van der Waals surface area contributed by atoms with Crippen molar-refractivity contribution in [2.45, 2.75) is 25.3 Å². The molecule has 2 aliphatic rings. The summed E-state index contributed by atoms with van der Waals surface area (Å²) >= 11 is 7.73. The smallest absolute Gasteiger partial charge is 0.129 e. The number of aromatic nitrogens is 2. The van der Waals surface area contributed by atoms with E-state index >= 15 is 0 Å². The molecule has 1 aliphatic heterocycles. The predicted molar refractivity (Wildman–Crippen MR) is 83.8 cm³/mol. The normalized spacial score (nSPS) is 24.1. The lowest BCUT2D eigenvalue weighted by Gasteiger charge is -2.27. The van der Waals surface area contributed by atoms with Crippen LogP contribution in [0.25, 0.3) is 11.0 Å². The first-order chi connectivity index (χ1) is 9.83. The summed E-state index contributed by atoms with van der Waals surface area (Å²) in [7, 11) is 0. The maximum absolute atomic E-state index is 6.46. The molecule has 0 amide bonds. The molecule has 1 aromatic heterocycles. The lowest BCUT2D eigenvalue weighted by atomic mass is 10.1. The second kappa shape index (κ2) is 5.13. The van der Waals surface area contributed by atoms with Gasteiger partial charge in [-0.25, -0.2) is 0 Å². The minimum absolute atomic E-state index is 0.593. The van der Waals surface area contributed by atoms with Crippen molar-refractivity contribution in [3.63, 3.8) is 0 Å². The molecular weight excluding hydrogens is 292 g/mol. The highest BCUT2D eigenvalue weighted by atomic mass is 35.5. The molecule has 1 unspecified atom stereocenters. The fourth-order valence-corrected chi connectivity index (χ4v) is 3.89. The predicted octanol–water partition coefficient (Wildman–Crippen LogP) is 2.92. The topological polar surface area (TPSA) is 41.1 Å². The molecule has 1 atom stereocenters. The van der Waals surface area contributed by atoms with E-state index in [1.807, 2.05) is 12.1 Å². The monoisotopic (exact) mass is 308 g/mol. The second-order valence-corrected chi connectivity index (χ2v) is 6.66.